The average Bonchev–Trinajstić information content (AvgIpc) is 2.84. The van der Waals surface area contributed by atoms with Gasteiger partial charge in [-0.1, -0.05) is 45.3 Å². The van der Waals surface area contributed by atoms with Crippen LogP contribution in [0.2, 0.25) is 0 Å². The molecule has 5 atom stereocenters. The Morgan fingerprint density at radius 1 is 1.36 bits per heavy atom. The molecule has 1 fully saturated rings. The Balaban J connectivity index is 2.55. The van der Waals surface area contributed by atoms with E-state index >= 15 is 0 Å². The number of hydrogen-bond acceptors (Lipinski definition) is 5. The molecule has 2 N–H and O–H groups in total. The molecule has 0 spiro atoms. The molecule has 144 valence electrons. The first-order valence-electron chi connectivity index (χ1n) is 9.53. The minimum absolute atomic E-state index is 0.0768. The summed E-state index contributed by atoms with van der Waals surface area (Å²) in [4.78, 5) is 23.5. The van der Waals surface area contributed by atoms with Crippen LogP contribution in [-0.4, -0.2) is 41.3 Å². The molecule has 5 nitrogen and oxygen atoms in total. The van der Waals surface area contributed by atoms with Gasteiger partial charge in [0.2, 0.25) is 0 Å². The van der Waals surface area contributed by atoms with Gasteiger partial charge in [0.05, 0.1) is 19.3 Å². The molecule has 5 heteroatoms. The molecule has 0 saturated heterocycles. The van der Waals surface area contributed by atoms with Crippen molar-refractivity contribution >= 4 is 11.8 Å². The molecule has 1 saturated carbocycles. The lowest BCUT2D eigenvalue weighted by molar-refractivity contribution is -0.141. The number of ether oxygens (including phenoxy) is 1. The van der Waals surface area contributed by atoms with E-state index in [-0.39, 0.29) is 35.9 Å². The predicted molar refractivity (Wildman–Crippen MR) is 96.9 cm³/mol. The lowest BCUT2D eigenvalue weighted by Crippen LogP contribution is -2.20. The molecule has 1 aliphatic carbocycles. The van der Waals surface area contributed by atoms with Gasteiger partial charge in [0.15, 0.2) is 0 Å². The molecule has 1 aliphatic rings. The highest BCUT2D eigenvalue weighted by molar-refractivity contribution is 5.84. The van der Waals surface area contributed by atoms with Crippen molar-refractivity contribution in [2.75, 3.05) is 7.11 Å². The molecule has 25 heavy (non-hydrogen) atoms. The molecular weight excluding hydrogens is 320 g/mol. The van der Waals surface area contributed by atoms with Crippen LogP contribution in [0, 0.1) is 17.8 Å². The lowest BCUT2D eigenvalue weighted by atomic mass is 9.86. The summed E-state index contributed by atoms with van der Waals surface area (Å²) in [5.74, 6) is -0.486. The number of carbonyl (C=O) groups is 2. The van der Waals surface area contributed by atoms with E-state index in [4.69, 9.17) is 0 Å². The van der Waals surface area contributed by atoms with Crippen LogP contribution in [0.3, 0.4) is 0 Å². The molecule has 0 aliphatic heterocycles. The molecule has 0 aromatic heterocycles. The van der Waals surface area contributed by atoms with E-state index in [1.54, 1.807) is 6.08 Å². The maximum atomic E-state index is 12.2. The van der Waals surface area contributed by atoms with E-state index in [2.05, 4.69) is 11.7 Å². The van der Waals surface area contributed by atoms with E-state index in [1.165, 1.54) is 7.11 Å². The number of aliphatic hydroxyl groups excluding tert-OH is 2. The van der Waals surface area contributed by atoms with Gasteiger partial charge in [-0.25, -0.2) is 0 Å². The fraction of sp³-hybridized carbons (Fsp3) is 0.800. The van der Waals surface area contributed by atoms with Gasteiger partial charge in [0, 0.05) is 24.7 Å². The minimum atomic E-state index is -0.674. The number of unbranched alkanes of at least 4 members (excludes halogenated alkanes) is 2. The van der Waals surface area contributed by atoms with Crippen LogP contribution in [-0.2, 0) is 14.3 Å². The summed E-state index contributed by atoms with van der Waals surface area (Å²) in [5, 5.41) is 20.2. The molecule has 0 radical (unpaired) electrons. The Hall–Kier alpha value is -1.20. The molecular formula is C20H34O5. The van der Waals surface area contributed by atoms with Gasteiger partial charge >= 0.3 is 5.97 Å². The molecule has 0 aromatic rings. The Labute approximate surface area is 151 Å². The van der Waals surface area contributed by atoms with Gasteiger partial charge in [-0.2, -0.15) is 0 Å². The molecule has 0 amide bonds. The van der Waals surface area contributed by atoms with Crippen molar-refractivity contribution in [1.82, 2.24) is 0 Å². The SMILES string of the molecule is CCCCCC(O)C=C[C@H]1[C@H](O)CC(=O)[C@H]1CCC(C)CC(=O)OC. The van der Waals surface area contributed by atoms with E-state index in [1.807, 2.05) is 13.0 Å². The van der Waals surface area contributed by atoms with Crippen molar-refractivity contribution in [1.29, 1.82) is 0 Å². The van der Waals surface area contributed by atoms with Crippen LogP contribution in [0.15, 0.2) is 12.2 Å². The third kappa shape index (κ3) is 7.70. The number of carbonyl (C=O) groups excluding carboxylic acids is 2. The molecule has 1 rings (SSSR count). The van der Waals surface area contributed by atoms with Crippen molar-refractivity contribution in [3.8, 4) is 0 Å². The summed E-state index contributed by atoms with van der Waals surface area (Å²) in [6.07, 6.45) is 8.15. The third-order valence-electron chi connectivity index (χ3n) is 5.10. The first-order valence-corrected chi connectivity index (χ1v) is 9.53. The number of methoxy groups -OCH3 is 1. The van der Waals surface area contributed by atoms with Crippen molar-refractivity contribution in [3.63, 3.8) is 0 Å². The van der Waals surface area contributed by atoms with Crippen LogP contribution in [0.5, 0.6) is 0 Å². The summed E-state index contributed by atoms with van der Waals surface area (Å²) in [6, 6.07) is 0. The Morgan fingerprint density at radius 3 is 2.72 bits per heavy atom. The highest BCUT2D eigenvalue weighted by Crippen LogP contribution is 2.35. The van der Waals surface area contributed by atoms with Crippen LogP contribution >= 0.6 is 0 Å². The van der Waals surface area contributed by atoms with E-state index in [0.717, 1.165) is 25.7 Å². The van der Waals surface area contributed by atoms with Gasteiger partial charge < -0.3 is 14.9 Å². The summed E-state index contributed by atoms with van der Waals surface area (Å²) in [5.41, 5.74) is 0. The lowest BCUT2D eigenvalue weighted by Gasteiger charge is -2.19. The number of Topliss-reactive ketones (excluding diaryl/α,β-unsaturated/α-hetero) is 1. The zero-order chi connectivity index (χ0) is 18.8. The highest BCUT2D eigenvalue weighted by Gasteiger charge is 2.39. The zero-order valence-corrected chi connectivity index (χ0v) is 15.8. The van der Waals surface area contributed by atoms with Crippen LogP contribution in [0.4, 0.5) is 0 Å². The Bertz CT molecular complexity index is 445. The van der Waals surface area contributed by atoms with Crippen molar-refractivity contribution in [2.24, 2.45) is 17.8 Å². The van der Waals surface area contributed by atoms with Gasteiger partial charge in [-0.05, 0) is 25.2 Å². The second-order valence-corrected chi connectivity index (χ2v) is 7.33. The highest BCUT2D eigenvalue weighted by atomic mass is 16.5. The summed E-state index contributed by atoms with van der Waals surface area (Å²) in [6.45, 7) is 4.09. The Kier molecular flexibility index (Phi) is 9.98. The first-order chi connectivity index (χ1) is 11.9. The maximum absolute atomic E-state index is 12.2. The van der Waals surface area contributed by atoms with E-state index in [0.29, 0.717) is 19.3 Å². The van der Waals surface area contributed by atoms with E-state index < -0.39 is 12.2 Å². The molecule has 0 bridgehead atoms. The molecule has 0 aromatic carbocycles. The zero-order valence-electron chi connectivity index (χ0n) is 15.8. The monoisotopic (exact) mass is 354 g/mol. The average molecular weight is 354 g/mol. The number of aliphatic hydroxyl groups is 2. The summed E-state index contributed by atoms with van der Waals surface area (Å²) in [7, 11) is 1.37. The van der Waals surface area contributed by atoms with Crippen molar-refractivity contribution in [3.05, 3.63) is 12.2 Å². The Morgan fingerprint density at radius 2 is 2.08 bits per heavy atom. The normalized spacial score (nSPS) is 26.1. The second kappa shape index (κ2) is 11.4. The number of ketones is 1. The molecule has 2 unspecified atom stereocenters. The number of rotatable bonds is 11. The summed E-state index contributed by atoms with van der Waals surface area (Å²) >= 11 is 0. The van der Waals surface area contributed by atoms with Crippen LogP contribution in [0.25, 0.3) is 0 Å². The van der Waals surface area contributed by atoms with Crippen molar-refractivity contribution in [2.45, 2.75) is 77.4 Å². The van der Waals surface area contributed by atoms with Gasteiger partial charge in [0.1, 0.15) is 5.78 Å². The minimum Gasteiger partial charge on any atom is -0.469 e. The van der Waals surface area contributed by atoms with Gasteiger partial charge in [-0.3, -0.25) is 9.59 Å². The summed E-state index contributed by atoms with van der Waals surface area (Å²) < 4.78 is 4.67. The fourth-order valence-corrected chi connectivity index (χ4v) is 3.48. The number of hydrogen-bond donors (Lipinski definition) is 2. The van der Waals surface area contributed by atoms with Crippen LogP contribution < -0.4 is 0 Å². The topological polar surface area (TPSA) is 83.8 Å². The predicted octanol–water partition coefficient (Wildman–Crippen LogP) is 3.03. The standard InChI is InChI=1S/C20H34O5/c1-4-5-6-7-15(21)9-11-17-16(18(22)13-19(17)23)10-8-14(2)12-20(24)25-3/h9,11,14-17,19,21,23H,4-8,10,12-13H2,1-3H3/t14?,15?,16-,17+,19+/m0/s1. The third-order valence-corrected chi connectivity index (χ3v) is 5.10. The van der Waals surface area contributed by atoms with Gasteiger partial charge in [0.25, 0.3) is 0 Å². The fourth-order valence-electron chi connectivity index (χ4n) is 3.48. The second-order valence-electron chi connectivity index (χ2n) is 7.33. The smallest absolute Gasteiger partial charge is 0.305 e. The molecule has 0 heterocycles. The quantitative estimate of drug-likeness (QED) is 0.338. The largest absolute Gasteiger partial charge is 0.469 e. The maximum Gasteiger partial charge on any atom is 0.305 e. The first kappa shape index (κ1) is 21.8. The van der Waals surface area contributed by atoms with Gasteiger partial charge in [-0.15, -0.1) is 0 Å². The van der Waals surface area contributed by atoms with E-state index in [9.17, 15) is 19.8 Å². The van der Waals surface area contributed by atoms with Crippen molar-refractivity contribution < 1.29 is 24.5 Å². The number of esters is 1. The van der Waals surface area contributed by atoms with Crippen LogP contribution in [0.1, 0.15) is 65.2 Å².